The molecule has 0 saturated heterocycles. The van der Waals surface area contributed by atoms with Gasteiger partial charge in [0, 0.05) is 30.9 Å². The van der Waals surface area contributed by atoms with Crippen LogP contribution in [0.1, 0.15) is 36.0 Å². The van der Waals surface area contributed by atoms with Gasteiger partial charge in [-0.25, -0.2) is 0 Å². The van der Waals surface area contributed by atoms with E-state index >= 15 is 0 Å². The Morgan fingerprint density at radius 1 is 1.28 bits per heavy atom. The molecule has 2 aliphatic rings. The monoisotopic (exact) mass is 398 g/mol. The van der Waals surface area contributed by atoms with Gasteiger partial charge in [0.25, 0.3) is 11.6 Å². The van der Waals surface area contributed by atoms with E-state index in [0.717, 1.165) is 19.4 Å². The Kier molecular flexibility index (Phi) is 5.14. The summed E-state index contributed by atoms with van der Waals surface area (Å²) in [6.45, 7) is 0.827. The summed E-state index contributed by atoms with van der Waals surface area (Å²) in [7, 11) is 0. The van der Waals surface area contributed by atoms with Gasteiger partial charge in [-0.3, -0.25) is 29.6 Å². The molecule has 4 rings (SSSR count). The number of amides is 1. The largest absolute Gasteiger partial charge is 0.480 e. The number of nitrogens with zero attached hydrogens (tertiary/aromatic N) is 3. The summed E-state index contributed by atoms with van der Waals surface area (Å²) in [5.41, 5.74) is 0.518. The van der Waals surface area contributed by atoms with Crippen molar-refractivity contribution in [3.05, 3.63) is 46.1 Å². The summed E-state index contributed by atoms with van der Waals surface area (Å²) in [4.78, 5) is 40.8. The van der Waals surface area contributed by atoms with Gasteiger partial charge in [0.15, 0.2) is 0 Å². The summed E-state index contributed by atoms with van der Waals surface area (Å²) in [6.07, 6.45) is 5.21. The molecule has 9 nitrogen and oxygen atoms in total. The van der Waals surface area contributed by atoms with Gasteiger partial charge in [-0.15, -0.1) is 0 Å². The smallest absolute Gasteiger partial charge is 0.317 e. The standard InChI is InChI=1S/C20H22N4O5/c25-18(26)11-23(10-12-3-4-12)14-8-13(9-14)22-20(27)16-5-6-17(24(28)29)15-2-1-7-21-19(15)16/h1-2,5-7,12-14H,3-4,8-11H2,(H,22,27)(H,25,26). The minimum atomic E-state index is -0.832. The Hall–Kier alpha value is -3.07. The predicted octanol–water partition coefficient (Wildman–Crippen LogP) is 2.20. The lowest BCUT2D eigenvalue weighted by Gasteiger charge is -2.42. The summed E-state index contributed by atoms with van der Waals surface area (Å²) >= 11 is 0. The van der Waals surface area contributed by atoms with E-state index in [1.807, 2.05) is 4.90 Å². The van der Waals surface area contributed by atoms with Crippen molar-refractivity contribution in [3.63, 3.8) is 0 Å². The number of aliphatic carboxylic acids is 1. The number of non-ortho nitro benzene ring substituents is 1. The predicted molar refractivity (Wildman–Crippen MR) is 105 cm³/mol. The van der Waals surface area contributed by atoms with Crippen molar-refractivity contribution in [2.75, 3.05) is 13.1 Å². The van der Waals surface area contributed by atoms with Crippen LogP contribution in [0.2, 0.25) is 0 Å². The van der Waals surface area contributed by atoms with Crippen molar-refractivity contribution < 1.29 is 19.6 Å². The van der Waals surface area contributed by atoms with Crippen LogP contribution in [0.15, 0.2) is 30.5 Å². The van der Waals surface area contributed by atoms with E-state index < -0.39 is 10.9 Å². The quantitative estimate of drug-likeness (QED) is 0.516. The molecule has 29 heavy (non-hydrogen) atoms. The lowest BCUT2D eigenvalue weighted by molar-refractivity contribution is -0.383. The van der Waals surface area contributed by atoms with Crippen molar-refractivity contribution in [3.8, 4) is 0 Å². The van der Waals surface area contributed by atoms with Gasteiger partial charge in [-0.2, -0.15) is 0 Å². The molecule has 1 aromatic heterocycles. The van der Waals surface area contributed by atoms with Gasteiger partial charge in [0.05, 0.1) is 27.9 Å². The summed E-state index contributed by atoms with van der Waals surface area (Å²) in [6, 6.07) is 6.05. The first-order valence-electron chi connectivity index (χ1n) is 9.71. The highest BCUT2D eigenvalue weighted by molar-refractivity contribution is 6.07. The Morgan fingerprint density at radius 3 is 2.69 bits per heavy atom. The molecule has 0 atom stereocenters. The number of pyridine rings is 1. The fourth-order valence-corrected chi connectivity index (χ4v) is 3.92. The second-order valence-corrected chi connectivity index (χ2v) is 7.85. The normalized spacial score (nSPS) is 21.0. The van der Waals surface area contributed by atoms with E-state index in [9.17, 15) is 19.7 Å². The number of hydrogen-bond acceptors (Lipinski definition) is 6. The zero-order valence-corrected chi connectivity index (χ0v) is 15.8. The highest BCUT2D eigenvalue weighted by Gasteiger charge is 2.38. The van der Waals surface area contributed by atoms with E-state index in [-0.39, 0.29) is 30.2 Å². The highest BCUT2D eigenvalue weighted by Crippen LogP contribution is 2.34. The molecule has 0 spiro atoms. The topological polar surface area (TPSA) is 126 Å². The van der Waals surface area contributed by atoms with Crippen molar-refractivity contribution in [1.82, 2.24) is 15.2 Å². The molecule has 1 heterocycles. The first kappa shape index (κ1) is 19.3. The number of carbonyl (C=O) groups is 2. The number of benzene rings is 1. The minimum absolute atomic E-state index is 0.0265. The van der Waals surface area contributed by atoms with Gasteiger partial charge < -0.3 is 10.4 Å². The molecule has 2 N–H and O–H groups in total. The van der Waals surface area contributed by atoms with Gasteiger partial charge >= 0.3 is 5.97 Å². The second-order valence-electron chi connectivity index (χ2n) is 7.85. The van der Waals surface area contributed by atoms with Crippen LogP contribution in [-0.2, 0) is 4.79 Å². The number of carbonyl (C=O) groups excluding carboxylic acids is 1. The summed E-state index contributed by atoms with van der Waals surface area (Å²) in [5.74, 6) is -0.555. The molecule has 152 valence electrons. The van der Waals surface area contributed by atoms with E-state index in [1.165, 1.54) is 18.3 Å². The first-order chi connectivity index (χ1) is 13.9. The van der Waals surface area contributed by atoms with Crippen LogP contribution >= 0.6 is 0 Å². The fraction of sp³-hybridized carbons (Fsp3) is 0.450. The fourth-order valence-electron chi connectivity index (χ4n) is 3.92. The SMILES string of the molecule is O=C(O)CN(CC1CC1)C1CC(NC(=O)c2ccc([N+](=O)[O-])c3cccnc23)C1. The molecule has 0 bridgehead atoms. The number of nitro groups is 1. The Morgan fingerprint density at radius 2 is 2.03 bits per heavy atom. The lowest BCUT2D eigenvalue weighted by atomic mass is 9.85. The third-order valence-electron chi connectivity index (χ3n) is 5.68. The molecular weight excluding hydrogens is 376 g/mol. The number of carboxylic acids is 1. The Labute approximate surface area is 166 Å². The van der Waals surface area contributed by atoms with Gasteiger partial charge in [-0.1, -0.05) is 0 Å². The number of carboxylic acid groups (broad SMARTS) is 1. The summed E-state index contributed by atoms with van der Waals surface area (Å²) in [5, 5.41) is 23.6. The molecule has 1 aromatic carbocycles. The lowest BCUT2D eigenvalue weighted by Crippen LogP contribution is -2.55. The van der Waals surface area contributed by atoms with Crippen LogP contribution < -0.4 is 5.32 Å². The molecule has 2 aliphatic carbocycles. The molecule has 2 fully saturated rings. The van der Waals surface area contributed by atoms with E-state index in [4.69, 9.17) is 5.11 Å². The van der Waals surface area contributed by atoms with Crippen LogP contribution in [0.25, 0.3) is 10.9 Å². The van der Waals surface area contributed by atoms with Gasteiger partial charge in [0.1, 0.15) is 0 Å². The number of aromatic nitrogens is 1. The Bertz CT molecular complexity index is 968. The van der Waals surface area contributed by atoms with Crippen molar-refractivity contribution in [2.24, 2.45) is 5.92 Å². The second kappa shape index (κ2) is 7.75. The van der Waals surface area contributed by atoms with Gasteiger partial charge in [-0.05, 0) is 49.8 Å². The van der Waals surface area contributed by atoms with E-state index in [1.54, 1.807) is 12.1 Å². The number of nitro benzene ring substituents is 1. The number of fused-ring (bicyclic) bond motifs is 1. The summed E-state index contributed by atoms with van der Waals surface area (Å²) < 4.78 is 0. The number of nitrogens with one attached hydrogen (secondary N) is 1. The molecule has 9 heteroatoms. The molecule has 2 saturated carbocycles. The number of hydrogen-bond donors (Lipinski definition) is 2. The maximum Gasteiger partial charge on any atom is 0.317 e. The van der Waals surface area contributed by atoms with Crippen molar-refractivity contribution in [2.45, 2.75) is 37.8 Å². The van der Waals surface area contributed by atoms with Crippen LogP contribution in [0.3, 0.4) is 0 Å². The molecule has 0 unspecified atom stereocenters. The molecule has 1 amide bonds. The van der Waals surface area contributed by atoms with E-state index in [0.29, 0.717) is 35.2 Å². The van der Waals surface area contributed by atoms with Crippen LogP contribution in [0.5, 0.6) is 0 Å². The maximum atomic E-state index is 12.8. The minimum Gasteiger partial charge on any atom is -0.480 e. The maximum absolute atomic E-state index is 12.8. The average Bonchev–Trinajstić information content (AvgIpc) is 3.46. The molecule has 0 radical (unpaired) electrons. The van der Waals surface area contributed by atoms with Crippen LogP contribution in [-0.4, -0.2) is 57.0 Å². The van der Waals surface area contributed by atoms with Gasteiger partial charge in [0.2, 0.25) is 0 Å². The third-order valence-corrected chi connectivity index (χ3v) is 5.68. The zero-order chi connectivity index (χ0) is 20.5. The molecular formula is C20H22N4O5. The molecule has 2 aromatic rings. The third kappa shape index (κ3) is 4.19. The highest BCUT2D eigenvalue weighted by atomic mass is 16.6. The number of rotatable bonds is 8. The Balaban J connectivity index is 1.42. The van der Waals surface area contributed by atoms with Crippen molar-refractivity contribution >= 4 is 28.5 Å². The first-order valence-corrected chi connectivity index (χ1v) is 9.71. The molecule has 0 aliphatic heterocycles. The van der Waals surface area contributed by atoms with Crippen molar-refractivity contribution in [1.29, 1.82) is 0 Å². The average molecular weight is 398 g/mol. The van der Waals surface area contributed by atoms with Crippen LogP contribution in [0, 0.1) is 16.0 Å². The zero-order valence-electron chi connectivity index (χ0n) is 15.8. The van der Waals surface area contributed by atoms with Crippen LogP contribution in [0.4, 0.5) is 5.69 Å². The van der Waals surface area contributed by atoms with E-state index in [2.05, 4.69) is 10.3 Å².